The molecule has 10 nitrogen and oxygen atoms in total. The number of carbonyl (C=O) groups is 2. The zero-order valence-corrected chi connectivity index (χ0v) is 20.2. The Bertz CT molecular complexity index is 1180. The van der Waals surface area contributed by atoms with E-state index in [1.165, 1.54) is 0 Å². The third-order valence-corrected chi connectivity index (χ3v) is 5.38. The molecule has 2 amide bonds. The summed E-state index contributed by atoms with van der Waals surface area (Å²) < 4.78 is 10.5. The number of nitrogen functional groups attached to an aromatic ring is 1. The summed E-state index contributed by atoms with van der Waals surface area (Å²) in [6.07, 6.45) is 1.61. The Morgan fingerprint density at radius 3 is 2.31 bits per heavy atom. The number of methoxy groups -OCH3 is 2. The van der Waals surface area contributed by atoms with Crippen molar-refractivity contribution >= 4 is 17.6 Å². The van der Waals surface area contributed by atoms with E-state index in [4.69, 9.17) is 20.6 Å². The monoisotopic (exact) mass is 490 g/mol. The highest BCUT2D eigenvalue weighted by Gasteiger charge is 2.22. The van der Waals surface area contributed by atoms with Gasteiger partial charge in [0.1, 0.15) is 11.9 Å². The lowest BCUT2D eigenvalue weighted by Gasteiger charge is -2.18. The second-order valence-corrected chi connectivity index (χ2v) is 7.86. The molecule has 1 unspecified atom stereocenters. The highest BCUT2D eigenvalue weighted by atomic mass is 16.5. The fraction of sp³-hybridized carbons (Fsp3) is 0.231. The molecule has 0 aliphatic rings. The van der Waals surface area contributed by atoms with Gasteiger partial charge in [-0.25, -0.2) is 0 Å². The van der Waals surface area contributed by atoms with Gasteiger partial charge in [0.25, 0.3) is 0 Å². The maximum atomic E-state index is 13.0. The van der Waals surface area contributed by atoms with Gasteiger partial charge in [0.15, 0.2) is 11.5 Å². The minimum atomic E-state index is -0.766. The van der Waals surface area contributed by atoms with Crippen LogP contribution in [0.2, 0.25) is 0 Å². The van der Waals surface area contributed by atoms with Crippen LogP contribution in [0.5, 0.6) is 11.5 Å². The zero-order chi connectivity index (χ0) is 25.9. The topological polar surface area (TPSA) is 151 Å². The van der Waals surface area contributed by atoms with Crippen molar-refractivity contribution in [3.05, 3.63) is 89.2 Å². The van der Waals surface area contributed by atoms with Crippen LogP contribution in [0.1, 0.15) is 28.4 Å². The summed E-state index contributed by atoms with van der Waals surface area (Å²) in [6.45, 7) is 0.454. The number of carbonyl (C=O) groups excluding carboxylic acids is 2. The minimum Gasteiger partial charge on any atom is -0.493 e. The molecule has 0 bridgehead atoms. The summed E-state index contributed by atoms with van der Waals surface area (Å²) in [6, 6.07) is 17.1. The van der Waals surface area contributed by atoms with Gasteiger partial charge >= 0.3 is 0 Å². The lowest BCUT2D eigenvalue weighted by atomic mass is 10.1. The summed E-state index contributed by atoms with van der Waals surface area (Å²) in [5.41, 5.74) is 8.39. The summed E-state index contributed by atoms with van der Waals surface area (Å²) in [7, 11) is 3.10. The first-order valence-corrected chi connectivity index (χ1v) is 11.2. The highest BCUT2D eigenvalue weighted by Crippen LogP contribution is 2.27. The number of amides is 2. The van der Waals surface area contributed by atoms with Crippen LogP contribution in [-0.2, 0) is 22.7 Å². The van der Waals surface area contributed by atoms with Gasteiger partial charge < -0.3 is 25.8 Å². The molecule has 3 aromatic rings. The fourth-order valence-corrected chi connectivity index (χ4v) is 3.42. The number of hydrogen-bond donors (Lipinski definition) is 5. The predicted octanol–water partition coefficient (Wildman–Crippen LogP) is 1.65. The summed E-state index contributed by atoms with van der Waals surface area (Å²) >= 11 is 0. The lowest BCUT2D eigenvalue weighted by Crippen LogP contribution is -2.42. The molecule has 1 atom stereocenters. The van der Waals surface area contributed by atoms with E-state index in [0.717, 1.165) is 11.1 Å². The molecule has 1 heterocycles. The minimum absolute atomic E-state index is 0.00958. The molecule has 0 saturated carbocycles. The molecule has 188 valence electrons. The van der Waals surface area contributed by atoms with Gasteiger partial charge in [0.05, 0.1) is 26.5 Å². The Morgan fingerprint density at radius 1 is 0.944 bits per heavy atom. The number of benzene rings is 2. The first kappa shape index (κ1) is 26.2. The van der Waals surface area contributed by atoms with Crippen LogP contribution in [0.3, 0.4) is 0 Å². The van der Waals surface area contributed by atoms with Gasteiger partial charge in [-0.1, -0.05) is 36.4 Å². The van der Waals surface area contributed by atoms with Crippen LogP contribution in [0.4, 0.5) is 0 Å². The van der Waals surface area contributed by atoms with Crippen LogP contribution < -0.4 is 31.2 Å². The van der Waals surface area contributed by atoms with Gasteiger partial charge in [-0.3, -0.25) is 25.3 Å². The molecule has 0 radical (unpaired) electrons. The lowest BCUT2D eigenvalue weighted by molar-refractivity contribution is -0.127. The van der Waals surface area contributed by atoms with E-state index in [2.05, 4.69) is 20.9 Å². The van der Waals surface area contributed by atoms with E-state index < -0.39 is 6.04 Å². The predicted molar refractivity (Wildman–Crippen MR) is 136 cm³/mol. The highest BCUT2D eigenvalue weighted by molar-refractivity contribution is 5.94. The maximum absolute atomic E-state index is 13.0. The summed E-state index contributed by atoms with van der Waals surface area (Å²) in [5.74, 6) is 0.443. The van der Waals surface area contributed by atoms with Crippen molar-refractivity contribution in [2.45, 2.75) is 19.1 Å². The van der Waals surface area contributed by atoms with Crippen LogP contribution in [0.15, 0.2) is 66.9 Å². The van der Waals surface area contributed by atoms with E-state index in [1.807, 2.05) is 18.2 Å². The molecule has 2 aromatic carbocycles. The number of rotatable bonds is 12. The first-order valence-electron chi connectivity index (χ1n) is 11.2. The molecule has 10 heteroatoms. The normalized spacial score (nSPS) is 11.3. The van der Waals surface area contributed by atoms with Crippen molar-refractivity contribution in [3.8, 4) is 11.5 Å². The number of nitrogens with zero attached hydrogens (tertiary/aromatic N) is 1. The fourth-order valence-electron chi connectivity index (χ4n) is 3.42. The van der Waals surface area contributed by atoms with Crippen LogP contribution in [0, 0.1) is 5.41 Å². The molecule has 0 aliphatic carbocycles. The number of aromatic nitrogens is 1. The number of nitrogens with one attached hydrogen (secondary N) is 4. The zero-order valence-electron chi connectivity index (χ0n) is 20.2. The molecule has 1 aromatic heterocycles. The number of pyridine rings is 1. The Kier molecular flexibility index (Phi) is 9.35. The average molecular weight is 491 g/mol. The quantitative estimate of drug-likeness (QED) is 0.191. The second-order valence-electron chi connectivity index (χ2n) is 7.86. The molecule has 3 rings (SSSR count). The van der Waals surface area contributed by atoms with Gasteiger partial charge in [-0.2, -0.15) is 0 Å². The molecule has 0 fully saturated rings. The Morgan fingerprint density at radius 2 is 1.67 bits per heavy atom. The van der Waals surface area contributed by atoms with Crippen molar-refractivity contribution in [1.82, 2.24) is 20.9 Å². The van der Waals surface area contributed by atoms with Gasteiger partial charge in [0.2, 0.25) is 11.8 Å². The van der Waals surface area contributed by atoms with Gasteiger partial charge in [0, 0.05) is 24.8 Å². The molecule has 0 spiro atoms. The van der Waals surface area contributed by atoms with Crippen molar-refractivity contribution in [3.63, 3.8) is 0 Å². The Hall–Kier alpha value is -4.44. The van der Waals surface area contributed by atoms with E-state index in [-0.39, 0.29) is 30.7 Å². The Balaban J connectivity index is 1.57. The van der Waals surface area contributed by atoms with Gasteiger partial charge in [-0.05, 0) is 35.4 Å². The second kappa shape index (κ2) is 12.9. The standard InChI is InChI=1S/C26H30N6O4/c1-35-21-11-8-18(13-22(21)36-2)15-30-23(33)16-32-26(34)24(20-5-3-4-12-29-20)31-14-17-6-9-19(10-7-17)25(27)28/h3-13,24,31H,14-16H2,1-2H3,(H3,27,28)(H,30,33)(H,32,34). The van der Waals surface area contributed by atoms with E-state index in [1.54, 1.807) is 62.9 Å². The van der Waals surface area contributed by atoms with E-state index >= 15 is 0 Å². The van der Waals surface area contributed by atoms with Crippen LogP contribution in [-0.4, -0.2) is 43.4 Å². The van der Waals surface area contributed by atoms with Crippen molar-refractivity contribution < 1.29 is 19.1 Å². The average Bonchev–Trinajstić information content (AvgIpc) is 2.91. The number of hydrogen-bond acceptors (Lipinski definition) is 7. The third-order valence-electron chi connectivity index (χ3n) is 5.38. The first-order chi connectivity index (χ1) is 17.4. The third kappa shape index (κ3) is 7.28. The van der Waals surface area contributed by atoms with E-state index in [0.29, 0.717) is 29.3 Å². The summed E-state index contributed by atoms with van der Waals surface area (Å²) in [5, 5.41) is 16.1. The number of ether oxygens (including phenoxy) is 2. The SMILES string of the molecule is COc1ccc(CNC(=O)CNC(=O)C(NCc2ccc(C(=N)N)cc2)c2ccccn2)cc1OC. The molecule has 6 N–H and O–H groups in total. The molecular formula is C26H30N6O4. The maximum Gasteiger partial charge on any atom is 0.243 e. The molecule has 0 saturated heterocycles. The molecular weight excluding hydrogens is 460 g/mol. The van der Waals surface area contributed by atoms with Crippen molar-refractivity contribution in [1.29, 1.82) is 5.41 Å². The van der Waals surface area contributed by atoms with Crippen LogP contribution >= 0.6 is 0 Å². The van der Waals surface area contributed by atoms with Crippen molar-refractivity contribution in [2.75, 3.05) is 20.8 Å². The smallest absolute Gasteiger partial charge is 0.243 e. The Labute approximate surface area is 209 Å². The number of amidine groups is 1. The van der Waals surface area contributed by atoms with Crippen LogP contribution in [0.25, 0.3) is 0 Å². The number of nitrogens with two attached hydrogens (primary N) is 1. The molecule has 0 aliphatic heterocycles. The molecule has 36 heavy (non-hydrogen) atoms. The van der Waals surface area contributed by atoms with Crippen molar-refractivity contribution in [2.24, 2.45) is 5.73 Å². The summed E-state index contributed by atoms with van der Waals surface area (Å²) in [4.78, 5) is 29.6. The van der Waals surface area contributed by atoms with E-state index in [9.17, 15) is 9.59 Å². The van der Waals surface area contributed by atoms with Gasteiger partial charge in [-0.15, -0.1) is 0 Å². The largest absolute Gasteiger partial charge is 0.493 e.